The van der Waals surface area contributed by atoms with E-state index in [1.807, 2.05) is 18.2 Å². The van der Waals surface area contributed by atoms with E-state index in [9.17, 15) is 5.11 Å². The van der Waals surface area contributed by atoms with Gasteiger partial charge >= 0.3 is 0 Å². The fourth-order valence-electron chi connectivity index (χ4n) is 4.13. The van der Waals surface area contributed by atoms with Gasteiger partial charge in [-0.3, -0.25) is 0 Å². The van der Waals surface area contributed by atoms with Gasteiger partial charge in [0.25, 0.3) is 0 Å². The van der Waals surface area contributed by atoms with Crippen LogP contribution in [0.2, 0.25) is 0 Å². The Morgan fingerprint density at radius 3 is 2.13 bits per heavy atom. The van der Waals surface area contributed by atoms with Crippen molar-refractivity contribution in [1.29, 1.82) is 0 Å². The lowest BCUT2D eigenvalue weighted by Crippen LogP contribution is -2.57. The third kappa shape index (κ3) is 2.52. The highest BCUT2D eigenvalue weighted by atomic mass is 16.3. The first-order valence-corrected chi connectivity index (χ1v) is 8.47. The molecule has 3 saturated heterocycles. The largest absolute Gasteiger partial charge is 0.384 e. The van der Waals surface area contributed by atoms with Crippen molar-refractivity contribution in [3.8, 4) is 0 Å². The van der Waals surface area contributed by atoms with E-state index in [0.717, 1.165) is 54.7 Å². The molecule has 0 aliphatic carbocycles. The summed E-state index contributed by atoms with van der Waals surface area (Å²) in [5, 5.41) is 11.2. The second-order valence-corrected chi connectivity index (χ2v) is 6.90. The van der Waals surface area contributed by atoms with Crippen LogP contribution in [0.1, 0.15) is 29.5 Å². The van der Waals surface area contributed by atoms with Gasteiger partial charge in [0.05, 0.1) is 0 Å². The molecule has 0 aromatic heterocycles. The Morgan fingerprint density at radius 1 is 0.957 bits per heavy atom. The number of rotatable bonds is 3. The molecule has 0 saturated carbocycles. The Kier molecular flexibility index (Phi) is 3.59. The maximum atomic E-state index is 11.2. The first kappa shape index (κ1) is 14.7. The Balaban J connectivity index is 1.60. The van der Waals surface area contributed by atoms with Gasteiger partial charge in [-0.1, -0.05) is 61.2 Å². The first-order chi connectivity index (χ1) is 11.2. The van der Waals surface area contributed by atoms with E-state index < -0.39 is 5.60 Å². The van der Waals surface area contributed by atoms with Crippen molar-refractivity contribution in [3.63, 3.8) is 0 Å². The van der Waals surface area contributed by atoms with E-state index in [2.05, 4.69) is 47.9 Å². The molecular weight excluding hydrogens is 282 g/mol. The highest BCUT2D eigenvalue weighted by Crippen LogP contribution is 2.42. The SMILES string of the molecule is C=C(c1ccccc1)c1ccc(C2(O)CN3CCC2CC3)cc1. The zero-order valence-electron chi connectivity index (χ0n) is 13.4. The molecule has 3 aliphatic heterocycles. The van der Waals surface area contributed by atoms with Gasteiger partial charge in [0.15, 0.2) is 0 Å². The van der Waals surface area contributed by atoms with Gasteiger partial charge in [-0.2, -0.15) is 0 Å². The van der Waals surface area contributed by atoms with Crippen molar-refractivity contribution < 1.29 is 5.11 Å². The minimum atomic E-state index is -0.677. The van der Waals surface area contributed by atoms with Gasteiger partial charge < -0.3 is 10.0 Å². The monoisotopic (exact) mass is 305 g/mol. The van der Waals surface area contributed by atoms with Crippen LogP contribution in [0.3, 0.4) is 0 Å². The Hall–Kier alpha value is -1.90. The average molecular weight is 305 g/mol. The predicted octanol–water partition coefficient (Wildman–Crippen LogP) is 3.66. The van der Waals surface area contributed by atoms with Crippen LogP contribution in [0.15, 0.2) is 61.2 Å². The number of hydrogen-bond acceptors (Lipinski definition) is 2. The maximum absolute atomic E-state index is 11.2. The molecule has 0 radical (unpaired) electrons. The molecule has 2 aromatic rings. The van der Waals surface area contributed by atoms with Crippen molar-refractivity contribution in [3.05, 3.63) is 77.9 Å². The summed E-state index contributed by atoms with van der Waals surface area (Å²) in [6.07, 6.45) is 2.21. The van der Waals surface area contributed by atoms with Crippen LogP contribution in [0.25, 0.3) is 5.57 Å². The third-order valence-electron chi connectivity index (χ3n) is 5.58. The number of benzene rings is 2. The Bertz CT molecular complexity index is 698. The molecule has 2 bridgehead atoms. The van der Waals surface area contributed by atoms with E-state index in [-0.39, 0.29) is 0 Å². The summed E-state index contributed by atoms with van der Waals surface area (Å²) in [5.41, 5.74) is 3.66. The molecule has 3 fully saturated rings. The lowest BCUT2D eigenvalue weighted by Gasteiger charge is -2.50. The summed E-state index contributed by atoms with van der Waals surface area (Å²) < 4.78 is 0. The third-order valence-corrected chi connectivity index (χ3v) is 5.58. The molecule has 118 valence electrons. The topological polar surface area (TPSA) is 23.5 Å². The smallest absolute Gasteiger partial charge is 0.105 e. The van der Waals surface area contributed by atoms with Gasteiger partial charge in [-0.25, -0.2) is 0 Å². The van der Waals surface area contributed by atoms with Crippen molar-refractivity contribution in [1.82, 2.24) is 4.90 Å². The molecule has 2 heteroatoms. The molecule has 1 atom stereocenters. The zero-order valence-corrected chi connectivity index (χ0v) is 13.4. The van der Waals surface area contributed by atoms with Gasteiger partial charge in [-0.15, -0.1) is 0 Å². The Labute approximate surface area is 138 Å². The molecule has 2 aromatic carbocycles. The summed E-state index contributed by atoms with van der Waals surface area (Å²) in [5.74, 6) is 0.399. The maximum Gasteiger partial charge on any atom is 0.105 e. The molecule has 3 aliphatic rings. The normalized spacial score (nSPS) is 29.4. The van der Waals surface area contributed by atoms with Gasteiger partial charge in [0, 0.05) is 6.54 Å². The van der Waals surface area contributed by atoms with E-state index in [1.165, 1.54) is 0 Å². The molecule has 5 rings (SSSR count). The predicted molar refractivity (Wildman–Crippen MR) is 94.1 cm³/mol. The quantitative estimate of drug-likeness (QED) is 0.935. The fourth-order valence-corrected chi connectivity index (χ4v) is 4.13. The minimum Gasteiger partial charge on any atom is -0.384 e. The number of nitrogens with zero attached hydrogens (tertiary/aromatic N) is 1. The molecule has 23 heavy (non-hydrogen) atoms. The fraction of sp³-hybridized carbons (Fsp3) is 0.333. The lowest BCUT2D eigenvalue weighted by atomic mass is 9.71. The molecule has 0 amide bonds. The summed E-state index contributed by atoms with van der Waals surface area (Å²) in [6, 6.07) is 18.6. The Morgan fingerprint density at radius 2 is 1.57 bits per heavy atom. The molecular formula is C21H23NO. The standard InChI is InChI=1S/C21H23NO/c1-16(17-5-3-2-4-6-17)18-7-9-19(10-8-18)21(23)15-22-13-11-20(21)12-14-22/h2-10,20,23H,1,11-15H2. The van der Waals surface area contributed by atoms with Crippen molar-refractivity contribution in [2.45, 2.75) is 18.4 Å². The molecule has 2 nitrogen and oxygen atoms in total. The zero-order chi connectivity index (χ0) is 15.9. The number of piperidine rings is 3. The van der Waals surface area contributed by atoms with Crippen molar-refractivity contribution in [2.75, 3.05) is 19.6 Å². The van der Waals surface area contributed by atoms with Crippen molar-refractivity contribution >= 4 is 5.57 Å². The summed E-state index contributed by atoms with van der Waals surface area (Å²) >= 11 is 0. The minimum absolute atomic E-state index is 0.399. The molecule has 1 unspecified atom stereocenters. The van der Waals surface area contributed by atoms with Crippen LogP contribution in [-0.4, -0.2) is 29.6 Å². The molecule has 1 N–H and O–H groups in total. The van der Waals surface area contributed by atoms with Crippen LogP contribution in [-0.2, 0) is 5.60 Å². The van der Waals surface area contributed by atoms with Crippen LogP contribution in [0.4, 0.5) is 0 Å². The highest BCUT2D eigenvalue weighted by Gasteiger charge is 2.46. The second kappa shape index (κ2) is 5.63. The number of fused-ring (bicyclic) bond motifs is 3. The lowest BCUT2D eigenvalue weighted by molar-refractivity contribution is -0.117. The van der Waals surface area contributed by atoms with Crippen molar-refractivity contribution in [2.24, 2.45) is 5.92 Å². The number of hydrogen-bond donors (Lipinski definition) is 1. The summed E-state index contributed by atoms with van der Waals surface area (Å²) in [4.78, 5) is 2.39. The number of aliphatic hydroxyl groups is 1. The summed E-state index contributed by atoms with van der Waals surface area (Å²) in [6.45, 7) is 7.27. The van der Waals surface area contributed by atoms with Crippen LogP contribution >= 0.6 is 0 Å². The average Bonchev–Trinajstić information content (AvgIpc) is 2.63. The molecule has 0 spiro atoms. The second-order valence-electron chi connectivity index (χ2n) is 6.90. The first-order valence-electron chi connectivity index (χ1n) is 8.47. The van der Waals surface area contributed by atoms with E-state index in [4.69, 9.17) is 0 Å². The molecule has 3 heterocycles. The van der Waals surface area contributed by atoms with E-state index in [1.54, 1.807) is 0 Å². The summed E-state index contributed by atoms with van der Waals surface area (Å²) in [7, 11) is 0. The van der Waals surface area contributed by atoms with Gasteiger partial charge in [-0.05, 0) is 54.1 Å². The van der Waals surface area contributed by atoms with Crippen LogP contribution in [0.5, 0.6) is 0 Å². The van der Waals surface area contributed by atoms with E-state index >= 15 is 0 Å². The van der Waals surface area contributed by atoms with Crippen LogP contribution in [0, 0.1) is 5.92 Å². The van der Waals surface area contributed by atoms with E-state index in [0.29, 0.717) is 5.92 Å². The highest BCUT2D eigenvalue weighted by molar-refractivity contribution is 5.78. The van der Waals surface area contributed by atoms with Crippen LogP contribution < -0.4 is 0 Å². The van der Waals surface area contributed by atoms with Gasteiger partial charge in [0.2, 0.25) is 0 Å². The van der Waals surface area contributed by atoms with Gasteiger partial charge in [0.1, 0.15) is 5.60 Å².